The molecule has 0 atom stereocenters. The number of nitrogens with zero attached hydrogens (tertiary/aromatic N) is 1. The summed E-state index contributed by atoms with van der Waals surface area (Å²) >= 11 is 0. The second kappa shape index (κ2) is 7.34. The molecule has 1 N–H and O–H groups in total. The fraction of sp³-hybridized carbons (Fsp3) is 1.00. The largest absolute Gasteiger partial charge is 0.395 e. The molecule has 0 radical (unpaired) electrons. The highest BCUT2D eigenvalue weighted by Gasteiger charge is 2.23. The van der Waals surface area contributed by atoms with Gasteiger partial charge in [-0.1, -0.05) is 19.8 Å². The summed E-state index contributed by atoms with van der Waals surface area (Å²) in [5, 5.41) is 9.04. The molecular weight excluding hydrogens is 238 g/mol. The lowest BCUT2D eigenvalue weighted by atomic mass is 10.2. The number of hydrogen-bond acceptors (Lipinski definition) is 4. The molecule has 4 nitrogen and oxygen atoms in total. The first kappa shape index (κ1) is 14.9. The molecule has 0 saturated heterocycles. The van der Waals surface area contributed by atoms with E-state index in [0.717, 1.165) is 12.8 Å². The van der Waals surface area contributed by atoms with E-state index in [0.29, 0.717) is 25.6 Å². The Balaban J connectivity index is 2.43. The van der Waals surface area contributed by atoms with Crippen LogP contribution >= 0.6 is 0 Å². The number of rotatable bonds is 8. The Hall–Kier alpha value is -0.130. The van der Waals surface area contributed by atoms with Gasteiger partial charge in [-0.3, -0.25) is 4.90 Å². The highest BCUT2D eigenvalue weighted by atomic mass is 32.2. The van der Waals surface area contributed by atoms with Crippen LogP contribution in [0, 0.1) is 0 Å². The Bertz CT molecular complexity index is 297. The summed E-state index contributed by atoms with van der Waals surface area (Å²) in [5.41, 5.74) is 0. The SMILES string of the molecule is CCCS(=O)(=O)CCN(CCO)C1CCCC1. The summed E-state index contributed by atoms with van der Waals surface area (Å²) in [6, 6.07) is 0.485. The average Bonchev–Trinajstić information content (AvgIpc) is 2.77. The summed E-state index contributed by atoms with van der Waals surface area (Å²) in [6.45, 7) is 3.18. The van der Waals surface area contributed by atoms with Gasteiger partial charge in [0.1, 0.15) is 0 Å². The Labute approximate surface area is 105 Å². The maximum atomic E-state index is 11.7. The third-order valence-electron chi connectivity index (χ3n) is 3.43. The number of aliphatic hydroxyl groups excluding tert-OH is 1. The molecule has 1 aliphatic rings. The number of aliphatic hydroxyl groups is 1. The van der Waals surface area contributed by atoms with Gasteiger partial charge in [-0.25, -0.2) is 8.42 Å². The smallest absolute Gasteiger partial charge is 0.151 e. The molecule has 0 aliphatic heterocycles. The topological polar surface area (TPSA) is 57.6 Å². The molecule has 0 heterocycles. The quantitative estimate of drug-likeness (QED) is 0.711. The summed E-state index contributed by atoms with van der Waals surface area (Å²) in [6.07, 6.45) is 5.44. The van der Waals surface area contributed by atoms with Gasteiger partial charge < -0.3 is 5.11 Å². The van der Waals surface area contributed by atoms with Gasteiger partial charge in [0.2, 0.25) is 0 Å². The third-order valence-corrected chi connectivity index (χ3v) is 5.27. The fourth-order valence-electron chi connectivity index (χ4n) is 2.54. The Morgan fingerprint density at radius 1 is 1.18 bits per heavy atom. The minimum absolute atomic E-state index is 0.115. The van der Waals surface area contributed by atoms with Gasteiger partial charge in [0.15, 0.2) is 9.84 Å². The lowest BCUT2D eigenvalue weighted by Gasteiger charge is -2.27. The van der Waals surface area contributed by atoms with E-state index >= 15 is 0 Å². The van der Waals surface area contributed by atoms with Crippen LogP contribution in [-0.4, -0.2) is 55.7 Å². The molecule has 0 aromatic rings. The molecule has 1 fully saturated rings. The summed E-state index contributed by atoms with van der Waals surface area (Å²) < 4.78 is 23.3. The normalized spacial score (nSPS) is 18.1. The summed E-state index contributed by atoms with van der Waals surface area (Å²) in [5.74, 6) is 0.516. The molecule has 5 heteroatoms. The van der Waals surface area contributed by atoms with Crippen molar-refractivity contribution < 1.29 is 13.5 Å². The van der Waals surface area contributed by atoms with E-state index in [9.17, 15) is 8.42 Å². The zero-order chi connectivity index (χ0) is 12.7. The maximum absolute atomic E-state index is 11.7. The third kappa shape index (κ3) is 5.36. The molecule has 17 heavy (non-hydrogen) atoms. The van der Waals surface area contributed by atoms with Crippen molar-refractivity contribution >= 4 is 9.84 Å². The number of sulfone groups is 1. The molecule has 1 aliphatic carbocycles. The first-order chi connectivity index (χ1) is 8.09. The zero-order valence-corrected chi connectivity index (χ0v) is 11.6. The lowest BCUT2D eigenvalue weighted by molar-refractivity contribution is 0.159. The average molecular weight is 263 g/mol. The van der Waals surface area contributed by atoms with E-state index in [1.807, 2.05) is 6.92 Å². The van der Waals surface area contributed by atoms with Gasteiger partial charge in [-0.2, -0.15) is 0 Å². The second-order valence-corrected chi connectivity index (χ2v) is 7.15. The van der Waals surface area contributed by atoms with Crippen molar-refractivity contribution in [3.63, 3.8) is 0 Å². The maximum Gasteiger partial charge on any atom is 0.151 e. The first-order valence-corrected chi connectivity index (χ1v) is 8.46. The second-order valence-electron chi connectivity index (χ2n) is 4.85. The van der Waals surface area contributed by atoms with Gasteiger partial charge in [-0.05, 0) is 19.3 Å². The lowest BCUT2D eigenvalue weighted by Crippen LogP contribution is -2.39. The van der Waals surface area contributed by atoms with Crippen LogP contribution in [0.4, 0.5) is 0 Å². The Morgan fingerprint density at radius 2 is 1.82 bits per heavy atom. The van der Waals surface area contributed by atoms with Gasteiger partial charge in [-0.15, -0.1) is 0 Å². The Kier molecular flexibility index (Phi) is 6.44. The minimum atomic E-state index is -2.90. The van der Waals surface area contributed by atoms with Crippen LogP contribution in [0.5, 0.6) is 0 Å². The zero-order valence-electron chi connectivity index (χ0n) is 10.8. The molecule has 102 valence electrons. The summed E-state index contributed by atoms with van der Waals surface area (Å²) in [7, 11) is -2.90. The fourth-order valence-corrected chi connectivity index (χ4v) is 3.88. The van der Waals surface area contributed by atoms with Crippen molar-refractivity contribution in [2.75, 3.05) is 31.2 Å². The van der Waals surface area contributed by atoms with Crippen molar-refractivity contribution in [2.45, 2.75) is 45.1 Å². The monoisotopic (exact) mass is 263 g/mol. The molecule has 0 bridgehead atoms. The first-order valence-electron chi connectivity index (χ1n) is 6.64. The highest BCUT2D eigenvalue weighted by molar-refractivity contribution is 7.91. The predicted molar refractivity (Wildman–Crippen MR) is 69.9 cm³/mol. The summed E-state index contributed by atoms with van der Waals surface area (Å²) in [4.78, 5) is 2.15. The van der Waals surface area contributed by atoms with E-state index < -0.39 is 9.84 Å². The molecule has 0 aromatic heterocycles. The van der Waals surface area contributed by atoms with Crippen molar-refractivity contribution in [1.82, 2.24) is 4.90 Å². The van der Waals surface area contributed by atoms with Crippen LogP contribution < -0.4 is 0 Å². The van der Waals surface area contributed by atoms with E-state index in [-0.39, 0.29) is 18.1 Å². The molecule has 0 unspecified atom stereocenters. The molecule has 0 aromatic carbocycles. The molecular formula is C12H25NO3S. The van der Waals surface area contributed by atoms with Crippen molar-refractivity contribution in [1.29, 1.82) is 0 Å². The van der Waals surface area contributed by atoms with Gasteiger partial charge in [0, 0.05) is 24.9 Å². The molecule has 1 saturated carbocycles. The molecule has 0 amide bonds. The van der Waals surface area contributed by atoms with Crippen molar-refractivity contribution in [3.05, 3.63) is 0 Å². The van der Waals surface area contributed by atoms with Crippen LogP contribution in [-0.2, 0) is 9.84 Å². The Morgan fingerprint density at radius 3 is 2.35 bits per heavy atom. The van der Waals surface area contributed by atoms with E-state index in [1.165, 1.54) is 12.8 Å². The predicted octanol–water partition coefficient (Wildman–Crippen LogP) is 1.05. The van der Waals surface area contributed by atoms with Crippen LogP contribution in [0.3, 0.4) is 0 Å². The highest BCUT2D eigenvalue weighted by Crippen LogP contribution is 2.23. The number of hydrogen-bond donors (Lipinski definition) is 1. The van der Waals surface area contributed by atoms with E-state index in [4.69, 9.17) is 5.11 Å². The molecule has 0 spiro atoms. The van der Waals surface area contributed by atoms with Gasteiger partial charge in [0.05, 0.1) is 12.4 Å². The van der Waals surface area contributed by atoms with E-state index in [1.54, 1.807) is 0 Å². The minimum Gasteiger partial charge on any atom is -0.395 e. The van der Waals surface area contributed by atoms with E-state index in [2.05, 4.69) is 4.90 Å². The van der Waals surface area contributed by atoms with Crippen LogP contribution in [0.2, 0.25) is 0 Å². The van der Waals surface area contributed by atoms with Crippen molar-refractivity contribution in [2.24, 2.45) is 0 Å². The van der Waals surface area contributed by atoms with Gasteiger partial charge in [0.25, 0.3) is 0 Å². The molecule has 1 rings (SSSR count). The van der Waals surface area contributed by atoms with Crippen LogP contribution in [0.15, 0.2) is 0 Å². The van der Waals surface area contributed by atoms with Crippen molar-refractivity contribution in [3.8, 4) is 0 Å². The van der Waals surface area contributed by atoms with Gasteiger partial charge >= 0.3 is 0 Å². The van der Waals surface area contributed by atoms with Crippen LogP contribution in [0.25, 0.3) is 0 Å². The van der Waals surface area contributed by atoms with Crippen LogP contribution in [0.1, 0.15) is 39.0 Å². The standard InChI is InChI=1S/C12H25NO3S/c1-2-10-17(15,16)11-8-13(7-9-14)12-5-3-4-6-12/h12,14H,2-11H2,1H3.